The Hall–Kier alpha value is -2.11. The van der Waals surface area contributed by atoms with Crippen molar-refractivity contribution in [2.24, 2.45) is 7.05 Å². The van der Waals surface area contributed by atoms with Crippen LogP contribution in [-0.4, -0.2) is 24.9 Å². The van der Waals surface area contributed by atoms with E-state index in [4.69, 9.17) is 0 Å². The number of aromatic hydroxyl groups is 1. The Morgan fingerprint density at radius 3 is 2.80 bits per heavy atom. The van der Waals surface area contributed by atoms with Crippen LogP contribution in [-0.2, 0) is 7.05 Å². The van der Waals surface area contributed by atoms with Gasteiger partial charge in [-0.3, -0.25) is 9.48 Å². The fraction of sp³-hybridized carbons (Fsp3) is 0.222. The summed E-state index contributed by atoms with van der Waals surface area (Å²) in [5.74, 6) is 0.0302. The standard InChI is InChI=1S/C9H10N4O2/c1-5-6(4-10-13(5)2)9-11-7(14)3-8(15)12-9/h3-4H,1-2H3,(H2,11,12,14,15). The fourth-order valence-electron chi connectivity index (χ4n) is 1.30. The van der Waals surface area contributed by atoms with Gasteiger partial charge in [0.2, 0.25) is 5.88 Å². The molecule has 78 valence electrons. The highest BCUT2D eigenvalue weighted by atomic mass is 16.3. The van der Waals surface area contributed by atoms with E-state index in [-0.39, 0.29) is 11.4 Å². The zero-order valence-electron chi connectivity index (χ0n) is 8.35. The number of H-pyrrole nitrogens is 1. The predicted octanol–water partition coefficient (Wildman–Crippen LogP) is 0.184. The molecule has 0 radical (unpaired) electrons. The monoisotopic (exact) mass is 206 g/mol. The van der Waals surface area contributed by atoms with Crippen molar-refractivity contribution in [1.82, 2.24) is 19.7 Å². The summed E-state index contributed by atoms with van der Waals surface area (Å²) in [6.07, 6.45) is 1.59. The Kier molecular flexibility index (Phi) is 2.03. The average molecular weight is 206 g/mol. The lowest BCUT2D eigenvalue weighted by Crippen LogP contribution is -2.07. The SMILES string of the molecule is Cc1c(-c2nc(O)cc(=O)[nH]2)cnn1C. The molecule has 0 aliphatic carbocycles. The molecular weight excluding hydrogens is 196 g/mol. The van der Waals surface area contributed by atoms with Gasteiger partial charge in [0.1, 0.15) is 5.82 Å². The highest BCUT2D eigenvalue weighted by Gasteiger charge is 2.09. The van der Waals surface area contributed by atoms with Crippen LogP contribution in [0.3, 0.4) is 0 Å². The van der Waals surface area contributed by atoms with E-state index in [9.17, 15) is 9.90 Å². The van der Waals surface area contributed by atoms with Crippen molar-refractivity contribution in [3.63, 3.8) is 0 Å². The molecule has 0 bridgehead atoms. The number of hydrogen-bond donors (Lipinski definition) is 2. The van der Waals surface area contributed by atoms with E-state index in [0.717, 1.165) is 11.8 Å². The van der Waals surface area contributed by atoms with Crippen LogP contribution < -0.4 is 5.56 Å². The number of rotatable bonds is 1. The molecule has 0 aliphatic rings. The maximum Gasteiger partial charge on any atom is 0.254 e. The summed E-state index contributed by atoms with van der Waals surface area (Å²) < 4.78 is 1.67. The zero-order valence-corrected chi connectivity index (χ0v) is 8.35. The maximum atomic E-state index is 11.1. The van der Waals surface area contributed by atoms with Gasteiger partial charge in [-0.05, 0) is 6.92 Å². The van der Waals surface area contributed by atoms with Crippen molar-refractivity contribution in [2.75, 3.05) is 0 Å². The predicted molar refractivity (Wildman–Crippen MR) is 53.5 cm³/mol. The highest BCUT2D eigenvalue weighted by molar-refractivity contribution is 5.56. The molecule has 6 heteroatoms. The average Bonchev–Trinajstić information content (AvgIpc) is 2.46. The van der Waals surface area contributed by atoms with E-state index in [0.29, 0.717) is 11.4 Å². The summed E-state index contributed by atoms with van der Waals surface area (Å²) in [6, 6.07) is 1.02. The van der Waals surface area contributed by atoms with Gasteiger partial charge in [-0.2, -0.15) is 10.1 Å². The fourth-order valence-corrected chi connectivity index (χ4v) is 1.30. The number of aromatic nitrogens is 4. The minimum Gasteiger partial charge on any atom is -0.493 e. The second-order valence-electron chi connectivity index (χ2n) is 3.22. The van der Waals surface area contributed by atoms with Crippen molar-refractivity contribution in [1.29, 1.82) is 0 Å². The molecule has 15 heavy (non-hydrogen) atoms. The molecule has 0 saturated carbocycles. The van der Waals surface area contributed by atoms with Gasteiger partial charge in [0.15, 0.2) is 0 Å². The smallest absolute Gasteiger partial charge is 0.254 e. The second-order valence-corrected chi connectivity index (χ2v) is 3.22. The Labute approximate surface area is 85.2 Å². The summed E-state index contributed by atoms with van der Waals surface area (Å²) in [6.45, 7) is 1.85. The topological polar surface area (TPSA) is 83.8 Å². The first-order valence-corrected chi connectivity index (χ1v) is 4.37. The van der Waals surface area contributed by atoms with Crippen LogP contribution >= 0.6 is 0 Å². The van der Waals surface area contributed by atoms with Gasteiger partial charge in [0, 0.05) is 12.7 Å². The minimum absolute atomic E-state index is 0.294. The van der Waals surface area contributed by atoms with Gasteiger partial charge in [-0.1, -0.05) is 0 Å². The number of nitrogens with one attached hydrogen (secondary N) is 1. The van der Waals surface area contributed by atoms with Gasteiger partial charge < -0.3 is 10.1 Å². The molecule has 2 aromatic rings. The Morgan fingerprint density at radius 1 is 1.53 bits per heavy atom. The number of aryl methyl sites for hydroxylation is 1. The first kappa shape index (κ1) is 9.45. The van der Waals surface area contributed by atoms with Crippen molar-refractivity contribution >= 4 is 0 Å². The normalized spacial score (nSPS) is 10.5. The molecule has 2 rings (SSSR count). The number of hydrogen-bond acceptors (Lipinski definition) is 4. The summed E-state index contributed by atoms with van der Waals surface area (Å²) >= 11 is 0. The largest absolute Gasteiger partial charge is 0.493 e. The Bertz CT molecular complexity index is 555. The molecule has 0 saturated heterocycles. The molecule has 0 unspecified atom stereocenters. The van der Waals surface area contributed by atoms with E-state index >= 15 is 0 Å². The van der Waals surface area contributed by atoms with Crippen LogP contribution in [0.4, 0.5) is 0 Å². The molecule has 0 atom stereocenters. The van der Waals surface area contributed by atoms with Crippen LogP contribution in [0.1, 0.15) is 5.69 Å². The van der Waals surface area contributed by atoms with E-state index in [1.807, 2.05) is 6.92 Å². The lowest BCUT2D eigenvalue weighted by molar-refractivity contribution is 0.452. The summed E-state index contributed by atoms with van der Waals surface area (Å²) in [7, 11) is 1.79. The Balaban J connectivity index is 2.64. The third kappa shape index (κ3) is 1.61. The number of nitrogens with zero attached hydrogens (tertiary/aromatic N) is 3. The first-order chi connectivity index (χ1) is 7.08. The summed E-state index contributed by atoms with van der Waals surface area (Å²) in [5, 5.41) is 13.2. The van der Waals surface area contributed by atoms with Crippen molar-refractivity contribution in [3.8, 4) is 17.3 Å². The van der Waals surface area contributed by atoms with Crippen molar-refractivity contribution < 1.29 is 5.11 Å². The maximum absolute atomic E-state index is 11.1. The Morgan fingerprint density at radius 2 is 2.27 bits per heavy atom. The lowest BCUT2D eigenvalue weighted by Gasteiger charge is -1.99. The van der Waals surface area contributed by atoms with E-state index in [1.54, 1.807) is 17.9 Å². The molecule has 0 amide bonds. The van der Waals surface area contributed by atoms with Crippen LogP contribution in [0.15, 0.2) is 17.1 Å². The second kappa shape index (κ2) is 3.23. The molecule has 2 heterocycles. The third-order valence-corrected chi connectivity index (χ3v) is 2.22. The summed E-state index contributed by atoms with van der Waals surface area (Å²) in [4.78, 5) is 17.5. The van der Waals surface area contributed by atoms with E-state index in [2.05, 4.69) is 15.1 Å². The van der Waals surface area contributed by atoms with Crippen LogP contribution in [0.25, 0.3) is 11.4 Å². The van der Waals surface area contributed by atoms with Crippen LogP contribution in [0.2, 0.25) is 0 Å². The molecular formula is C9H10N4O2. The van der Waals surface area contributed by atoms with E-state index in [1.165, 1.54) is 0 Å². The van der Waals surface area contributed by atoms with Crippen molar-refractivity contribution in [2.45, 2.75) is 6.92 Å². The molecule has 6 nitrogen and oxygen atoms in total. The highest BCUT2D eigenvalue weighted by Crippen LogP contribution is 2.18. The summed E-state index contributed by atoms with van der Waals surface area (Å²) in [5.41, 5.74) is 1.18. The van der Waals surface area contributed by atoms with E-state index < -0.39 is 0 Å². The van der Waals surface area contributed by atoms with Gasteiger partial charge in [-0.25, -0.2) is 0 Å². The molecule has 0 aliphatic heterocycles. The van der Waals surface area contributed by atoms with Crippen molar-refractivity contribution in [3.05, 3.63) is 28.3 Å². The van der Waals surface area contributed by atoms with Crippen LogP contribution in [0, 0.1) is 6.92 Å². The van der Waals surface area contributed by atoms with Gasteiger partial charge in [0.05, 0.1) is 17.8 Å². The molecule has 0 aromatic carbocycles. The lowest BCUT2D eigenvalue weighted by atomic mass is 10.2. The minimum atomic E-state index is -0.388. The first-order valence-electron chi connectivity index (χ1n) is 4.37. The third-order valence-electron chi connectivity index (χ3n) is 2.22. The molecule has 0 fully saturated rings. The van der Waals surface area contributed by atoms with Gasteiger partial charge >= 0.3 is 0 Å². The quantitative estimate of drug-likeness (QED) is 0.697. The van der Waals surface area contributed by atoms with Crippen LogP contribution in [0.5, 0.6) is 5.88 Å². The molecule has 0 spiro atoms. The number of aromatic amines is 1. The zero-order chi connectivity index (χ0) is 11.0. The van der Waals surface area contributed by atoms with Gasteiger partial charge in [0.25, 0.3) is 5.56 Å². The van der Waals surface area contributed by atoms with Gasteiger partial charge in [-0.15, -0.1) is 0 Å². The molecule has 2 N–H and O–H groups in total. The molecule has 2 aromatic heterocycles.